The van der Waals surface area contributed by atoms with Gasteiger partial charge in [-0.25, -0.2) is 0 Å². The third-order valence-electron chi connectivity index (χ3n) is 2.82. The summed E-state index contributed by atoms with van der Waals surface area (Å²) in [6.07, 6.45) is 4.67. The standard InChI is InChI=1S/C13H18N4/c1-10-4-6-15-13(8-10)12(14-2)9-11-5-7-17(3)16-11/h4-8,12,14H,9H2,1-3H3. The van der Waals surface area contributed by atoms with Crippen molar-refractivity contribution >= 4 is 0 Å². The minimum Gasteiger partial charge on any atom is -0.311 e. The van der Waals surface area contributed by atoms with E-state index in [0.717, 1.165) is 17.8 Å². The van der Waals surface area contributed by atoms with E-state index in [2.05, 4.69) is 28.4 Å². The molecule has 4 heteroatoms. The number of nitrogens with zero attached hydrogens (tertiary/aromatic N) is 3. The molecular weight excluding hydrogens is 212 g/mol. The van der Waals surface area contributed by atoms with Crippen molar-refractivity contribution in [2.75, 3.05) is 7.05 Å². The molecule has 0 radical (unpaired) electrons. The second-order valence-corrected chi connectivity index (χ2v) is 4.28. The van der Waals surface area contributed by atoms with Crippen LogP contribution in [0, 0.1) is 6.92 Å². The molecule has 2 aromatic heterocycles. The lowest BCUT2D eigenvalue weighted by Gasteiger charge is -2.14. The van der Waals surface area contributed by atoms with Gasteiger partial charge in [-0.2, -0.15) is 5.10 Å². The summed E-state index contributed by atoms with van der Waals surface area (Å²) in [7, 11) is 3.89. The Morgan fingerprint density at radius 2 is 2.24 bits per heavy atom. The Bertz CT molecular complexity index is 490. The predicted molar refractivity (Wildman–Crippen MR) is 67.7 cm³/mol. The average molecular weight is 230 g/mol. The van der Waals surface area contributed by atoms with Crippen molar-refractivity contribution in [3.8, 4) is 0 Å². The molecule has 1 N–H and O–H groups in total. The van der Waals surface area contributed by atoms with Crippen molar-refractivity contribution in [1.82, 2.24) is 20.1 Å². The van der Waals surface area contributed by atoms with Gasteiger partial charge in [0.05, 0.1) is 17.4 Å². The van der Waals surface area contributed by atoms with Crippen LogP contribution in [0.4, 0.5) is 0 Å². The fourth-order valence-electron chi connectivity index (χ4n) is 1.89. The van der Waals surface area contributed by atoms with Crippen LogP contribution in [0.25, 0.3) is 0 Å². The van der Waals surface area contributed by atoms with Gasteiger partial charge >= 0.3 is 0 Å². The minimum absolute atomic E-state index is 0.213. The van der Waals surface area contributed by atoms with E-state index >= 15 is 0 Å². The second-order valence-electron chi connectivity index (χ2n) is 4.28. The molecule has 2 aromatic rings. The molecule has 0 aliphatic rings. The zero-order valence-electron chi connectivity index (χ0n) is 10.5. The highest BCUT2D eigenvalue weighted by atomic mass is 15.2. The molecule has 1 unspecified atom stereocenters. The molecule has 0 aliphatic carbocycles. The molecular formula is C13H18N4. The molecule has 17 heavy (non-hydrogen) atoms. The van der Waals surface area contributed by atoms with E-state index in [-0.39, 0.29) is 6.04 Å². The molecule has 0 amide bonds. The highest BCUT2D eigenvalue weighted by Gasteiger charge is 2.12. The number of nitrogens with one attached hydrogen (secondary N) is 1. The third-order valence-corrected chi connectivity index (χ3v) is 2.82. The zero-order valence-corrected chi connectivity index (χ0v) is 10.5. The summed E-state index contributed by atoms with van der Waals surface area (Å²) in [4.78, 5) is 4.42. The number of rotatable bonds is 4. The van der Waals surface area contributed by atoms with Gasteiger partial charge in [-0.1, -0.05) is 0 Å². The number of aromatic nitrogens is 3. The largest absolute Gasteiger partial charge is 0.311 e. The number of aryl methyl sites for hydroxylation is 2. The SMILES string of the molecule is CNC(Cc1ccn(C)n1)c1cc(C)ccn1. The van der Waals surface area contributed by atoms with E-state index in [9.17, 15) is 0 Å². The summed E-state index contributed by atoms with van der Waals surface area (Å²) in [6.45, 7) is 2.08. The van der Waals surface area contributed by atoms with Gasteiger partial charge in [0.2, 0.25) is 0 Å². The molecule has 90 valence electrons. The fourth-order valence-corrected chi connectivity index (χ4v) is 1.89. The Balaban J connectivity index is 2.16. The first kappa shape index (κ1) is 11.8. The van der Waals surface area contributed by atoms with Crippen LogP contribution in [-0.2, 0) is 13.5 Å². The zero-order chi connectivity index (χ0) is 12.3. The molecule has 0 aromatic carbocycles. The van der Waals surface area contributed by atoms with Gasteiger partial charge in [0, 0.05) is 25.9 Å². The van der Waals surface area contributed by atoms with Gasteiger partial charge < -0.3 is 5.32 Å². The number of likely N-dealkylation sites (N-methyl/N-ethyl adjacent to an activating group) is 1. The van der Waals surface area contributed by atoms with Crippen molar-refractivity contribution in [1.29, 1.82) is 0 Å². The van der Waals surface area contributed by atoms with E-state index in [1.54, 1.807) is 0 Å². The molecule has 1 atom stereocenters. The van der Waals surface area contributed by atoms with Crippen molar-refractivity contribution in [3.63, 3.8) is 0 Å². The van der Waals surface area contributed by atoms with Crippen LogP contribution >= 0.6 is 0 Å². The summed E-state index contributed by atoms with van der Waals surface area (Å²) in [5, 5.41) is 7.69. The molecule has 2 heterocycles. The van der Waals surface area contributed by atoms with Gasteiger partial charge in [-0.15, -0.1) is 0 Å². The number of hydrogen-bond donors (Lipinski definition) is 1. The molecule has 0 fully saturated rings. The summed E-state index contributed by atoms with van der Waals surface area (Å²) in [5.74, 6) is 0. The minimum atomic E-state index is 0.213. The highest BCUT2D eigenvalue weighted by molar-refractivity contribution is 5.19. The summed E-state index contributed by atoms with van der Waals surface area (Å²) in [5.41, 5.74) is 3.38. The molecule has 4 nitrogen and oxygen atoms in total. The lowest BCUT2D eigenvalue weighted by atomic mass is 10.1. The quantitative estimate of drug-likeness (QED) is 0.868. The Kier molecular flexibility index (Phi) is 3.54. The molecule has 0 saturated carbocycles. The maximum Gasteiger partial charge on any atom is 0.0644 e. The van der Waals surface area contributed by atoms with E-state index < -0.39 is 0 Å². The van der Waals surface area contributed by atoms with E-state index in [1.807, 2.05) is 43.3 Å². The fraction of sp³-hybridized carbons (Fsp3) is 0.385. The average Bonchev–Trinajstić information content (AvgIpc) is 2.72. The van der Waals surface area contributed by atoms with Crippen LogP contribution in [0.1, 0.15) is 23.0 Å². The maximum atomic E-state index is 4.42. The van der Waals surface area contributed by atoms with Crippen LogP contribution < -0.4 is 5.32 Å². The Hall–Kier alpha value is -1.68. The first-order chi connectivity index (χ1) is 8.19. The molecule has 0 aliphatic heterocycles. The number of hydrogen-bond acceptors (Lipinski definition) is 3. The summed E-state index contributed by atoms with van der Waals surface area (Å²) in [6, 6.07) is 6.38. The Morgan fingerprint density at radius 1 is 1.41 bits per heavy atom. The summed E-state index contributed by atoms with van der Waals surface area (Å²) >= 11 is 0. The van der Waals surface area contributed by atoms with Gasteiger partial charge in [-0.3, -0.25) is 9.67 Å². The van der Waals surface area contributed by atoms with Crippen LogP contribution in [0.3, 0.4) is 0 Å². The number of pyridine rings is 1. The monoisotopic (exact) mass is 230 g/mol. The molecule has 0 saturated heterocycles. The lowest BCUT2D eigenvalue weighted by molar-refractivity contribution is 0.562. The predicted octanol–water partition coefficient (Wildman–Crippen LogP) is 1.63. The van der Waals surface area contributed by atoms with Gasteiger partial charge in [0.1, 0.15) is 0 Å². The van der Waals surface area contributed by atoms with Crippen LogP contribution in [0.5, 0.6) is 0 Å². The van der Waals surface area contributed by atoms with Crippen molar-refractivity contribution in [2.45, 2.75) is 19.4 Å². The Labute approximate surface area is 102 Å². The first-order valence-electron chi connectivity index (χ1n) is 5.77. The maximum absolute atomic E-state index is 4.42. The van der Waals surface area contributed by atoms with Gasteiger partial charge in [0.25, 0.3) is 0 Å². The smallest absolute Gasteiger partial charge is 0.0644 e. The van der Waals surface area contributed by atoms with Gasteiger partial charge in [0.15, 0.2) is 0 Å². The van der Waals surface area contributed by atoms with Crippen LogP contribution in [0.15, 0.2) is 30.6 Å². The van der Waals surface area contributed by atoms with E-state index in [4.69, 9.17) is 0 Å². The molecule has 2 rings (SSSR count). The van der Waals surface area contributed by atoms with Crippen LogP contribution in [-0.4, -0.2) is 21.8 Å². The van der Waals surface area contributed by atoms with Crippen molar-refractivity contribution in [2.24, 2.45) is 7.05 Å². The third kappa shape index (κ3) is 2.91. The van der Waals surface area contributed by atoms with Crippen LogP contribution in [0.2, 0.25) is 0 Å². The van der Waals surface area contributed by atoms with Crippen molar-refractivity contribution < 1.29 is 0 Å². The second kappa shape index (κ2) is 5.10. The first-order valence-corrected chi connectivity index (χ1v) is 5.77. The normalized spacial score (nSPS) is 12.6. The molecule has 0 bridgehead atoms. The van der Waals surface area contributed by atoms with Gasteiger partial charge in [-0.05, 0) is 37.7 Å². The highest BCUT2D eigenvalue weighted by Crippen LogP contribution is 2.15. The van der Waals surface area contributed by atoms with Crippen molar-refractivity contribution in [3.05, 3.63) is 47.5 Å². The lowest BCUT2D eigenvalue weighted by Crippen LogP contribution is -2.20. The van der Waals surface area contributed by atoms with E-state index in [1.165, 1.54) is 5.56 Å². The topological polar surface area (TPSA) is 42.7 Å². The van der Waals surface area contributed by atoms with E-state index in [0.29, 0.717) is 0 Å². The Morgan fingerprint density at radius 3 is 2.82 bits per heavy atom. The summed E-state index contributed by atoms with van der Waals surface area (Å²) < 4.78 is 1.83. The molecule has 0 spiro atoms.